The van der Waals surface area contributed by atoms with E-state index in [4.69, 9.17) is 9.26 Å². The molecule has 2 unspecified atom stereocenters. The van der Waals surface area contributed by atoms with E-state index in [9.17, 15) is 18.4 Å². The van der Waals surface area contributed by atoms with E-state index in [2.05, 4.69) is 15.5 Å². The van der Waals surface area contributed by atoms with Crippen molar-refractivity contribution in [1.29, 1.82) is 0 Å². The second-order valence-electron chi connectivity index (χ2n) is 8.76. The number of anilines is 1. The number of hydrogen-bond acceptors (Lipinski definition) is 6. The summed E-state index contributed by atoms with van der Waals surface area (Å²) in [6.45, 7) is 5.56. The average Bonchev–Trinajstić information content (AvgIpc) is 3.24. The summed E-state index contributed by atoms with van der Waals surface area (Å²) in [5, 5.41) is 6.51. The van der Waals surface area contributed by atoms with E-state index in [-0.39, 0.29) is 52.2 Å². The molecule has 9 heteroatoms. The van der Waals surface area contributed by atoms with Gasteiger partial charge in [0, 0.05) is 36.1 Å². The van der Waals surface area contributed by atoms with Crippen LogP contribution in [-0.4, -0.2) is 27.9 Å². The molecule has 2 aromatic heterocycles. The molecule has 1 N–H and O–H groups in total. The van der Waals surface area contributed by atoms with E-state index in [0.717, 1.165) is 18.2 Å². The number of nitrogens with one attached hydrogen (secondary N) is 1. The summed E-state index contributed by atoms with van der Waals surface area (Å²) >= 11 is 0. The van der Waals surface area contributed by atoms with Gasteiger partial charge in [-0.2, -0.15) is 0 Å². The van der Waals surface area contributed by atoms with Crippen LogP contribution in [-0.2, 0) is 4.79 Å². The lowest BCUT2D eigenvalue weighted by Crippen LogP contribution is -2.24. The molecule has 1 aromatic carbocycles. The molecular formula is C25H25F2N3O4. The van der Waals surface area contributed by atoms with Gasteiger partial charge in [-0.15, -0.1) is 0 Å². The number of carbonyl (C=O) groups excluding carboxylic acids is 2. The highest BCUT2D eigenvalue weighted by Gasteiger charge is 2.32. The molecule has 3 aromatic rings. The smallest absolute Gasteiger partial charge is 0.294 e. The summed E-state index contributed by atoms with van der Waals surface area (Å²) in [6, 6.07) is 6.00. The van der Waals surface area contributed by atoms with Crippen LogP contribution in [0, 0.1) is 17.6 Å². The Hall–Kier alpha value is -3.62. The summed E-state index contributed by atoms with van der Waals surface area (Å²) in [6.07, 6.45) is 2.65. The molecule has 0 radical (unpaired) electrons. The number of Topliss-reactive ketones (excluding diaryl/α,β-unsaturated/α-hetero) is 1. The Morgan fingerprint density at radius 1 is 1.21 bits per heavy atom. The average molecular weight is 469 g/mol. The first kappa shape index (κ1) is 23.5. The van der Waals surface area contributed by atoms with Gasteiger partial charge in [0.2, 0.25) is 5.76 Å². The summed E-state index contributed by atoms with van der Waals surface area (Å²) in [7, 11) is 0. The first-order valence-electron chi connectivity index (χ1n) is 11.1. The predicted octanol–water partition coefficient (Wildman–Crippen LogP) is 5.53. The van der Waals surface area contributed by atoms with Gasteiger partial charge in [0.05, 0.1) is 23.6 Å². The highest BCUT2D eigenvalue weighted by atomic mass is 19.1. The summed E-state index contributed by atoms with van der Waals surface area (Å²) < 4.78 is 39.3. The lowest BCUT2D eigenvalue weighted by molar-refractivity contribution is -0.121. The van der Waals surface area contributed by atoms with Crippen LogP contribution in [0.2, 0.25) is 0 Å². The van der Waals surface area contributed by atoms with E-state index in [1.807, 2.05) is 20.8 Å². The molecule has 0 spiro atoms. The molecule has 2 heterocycles. The Bertz CT molecular complexity index is 1220. The van der Waals surface area contributed by atoms with Gasteiger partial charge in [0.1, 0.15) is 17.4 Å². The van der Waals surface area contributed by atoms with Gasteiger partial charge in [-0.05, 0) is 55.6 Å². The fourth-order valence-electron chi connectivity index (χ4n) is 4.27. The van der Waals surface area contributed by atoms with E-state index in [1.165, 1.54) is 18.3 Å². The van der Waals surface area contributed by atoms with Gasteiger partial charge < -0.3 is 14.6 Å². The summed E-state index contributed by atoms with van der Waals surface area (Å²) in [5.74, 6) is -1.88. The van der Waals surface area contributed by atoms with E-state index in [1.54, 1.807) is 0 Å². The second-order valence-corrected chi connectivity index (χ2v) is 8.76. The Morgan fingerprint density at radius 2 is 2.00 bits per heavy atom. The molecule has 4 rings (SSSR count). The van der Waals surface area contributed by atoms with Crippen LogP contribution in [0.1, 0.15) is 62.2 Å². The van der Waals surface area contributed by atoms with Crippen molar-refractivity contribution in [3.05, 3.63) is 59.6 Å². The standard InChI is InChI=1S/C25H25F2N3O4/c1-13(2)33-22-12-21(34-30-22)25(32)29-24-18(19-11-15(26)4-7-20(19)27)8-9-28-23(24)17-6-5-16(31)10-14(17)3/h4,7-9,11-14,17H,5-6,10H2,1-3H3,(H,29,32). The maximum Gasteiger partial charge on any atom is 0.294 e. The van der Waals surface area contributed by atoms with Gasteiger partial charge in [0.25, 0.3) is 11.8 Å². The molecule has 1 fully saturated rings. The fourth-order valence-corrected chi connectivity index (χ4v) is 4.27. The minimum Gasteiger partial charge on any atom is -0.473 e. The molecule has 1 saturated carbocycles. The van der Waals surface area contributed by atoms with Crippen LogP contribution >= 0.6 is 0 Å². The number of ether oxygens (including phenoxy) is 1. The van der Waals surface area contributed by atoms with E-state index in [0.29, 0.717) is 25.0 Å². The van der Waals surface area contributed by atoms with Crippen LogP contribution in [0.3, 0.4) is 0 Å². The molecule has 0 saturated heterocycles. The zero-order valence-electron chi connectivity index (χ0n) is 19.1. The lowest BCUT2D eigenvalue weighted by Gasteiger charge is -2.29. The number of amides is 1. The quantitative estimate of drug-likeness (QED) is 0.510. The summed E-state index contributed by atoms with van der Waals surface area (Å²) in [4.78, 5) is 29.5. The summed E-state index contributed by atoms with van der Waals surface area (Å²) in [5.41, 5.74) is 1.01. The van der Waals surface area contributed by atoms with Crippen molar-refractivity contribution in [3.63, 3.8) is 0 Å². The SMILES string of the molecule is CC(C)Oc1cc(C(=O)Nc2c(-c3cc(F)ccc3F)ccnc2C2CCC(=O)CC2C)on1. The third-order valence-electron chi connectivity index (χ3n) is 5.83. The molecule has 34 heavy (non-hydrogen) atoms. The molecular weight excluding hydrogens is 444 g/mol. The first-order valence-corrected chi connectivity index (χ1v) is 11.1. The van der Waals surface area contributed by atoms with Crippen molar-refractivity contribution in [2.75, 3.05) is 5.32 Å². The van der Waals surface area contributed by atoms with Crippen molar-refractivity contribution >= 4 is 17.4 Å². The highest BCUT2D eigenvalue weighted by Crippen LogP contribution is 2.42. The Morgan fingerprint density at radius 3 is 2.74 bits per heavy atom. The third-order valence-corrected chi connectivity index (χ3v) is 5.83. The number of aromatic nitrogens is 2. The monoisotopic (exact) mass is 469 g/mol. The van der Waals surface area contributed by atoms with Gasteiger partial charge in [-0.3, -0.25) is 14.6 Å². The number of carbonyl (C=O) groups is 2. The van der Waals surface area contributed by atoms with Crippen molar-refractivity contribution in [2.45, 2.75) is 52.1 Å². The van der Waals surface area contributed by atoms with Gasteiger partial charge >= 0.3 is 0 Å². The zero-order valence-corrected chi connectivity index (χ0v) is 19.1. The number of pyridine rings is 1. The molecule has 178 valence electrons. The number of nitrogens with zero attached hydrogens (tertiary/aromatic N) is 2. The molecule has 7 nitrogen and oxygen atoms in total. The van der Waals surface area contributed by atoms with Crippen molar-refractivity contribution in [2.24, 2.45) is 5.92 Å². The number of ketones is 1. The Balaban J connectivity index is 1.77. The Labute approximate surface area is 195 Å². The largest absolute Gasteiger partial charge is 0.473 e. The molecule has 0 bridgehead atoms. The third kappa shape index (κ3) is 4.98. The zero-order chi connectivity index (χ0) is 24.4. The van der Waals surface area contributed by atoms with Crippen molar-refractivity contribution in [1.82, 2.24) is 10.1 Å². The van der Waals surface area contributed by atoms with Crippen LogP contribution in [0.5, 0.6) is 5.88 Å². The van der Waals surface area contributed by atoms with E-state index >= 15 is 0 Å². The van der Waals surface area contributed by atoms with Gasteiger partial charge in [-0.1, -0.05) is 6.92 Å². The molecule has 1 aliphatic carbocycles. The minimum absolute atomic E-state index is 0.0140. The van der Waals surface area contributed by atoms with E-state index < -0.39 is 17.5 Å². The Kier molecular flexibility index (Phi) is 6.72. The van der Waals surface area contributed by atoms with Crippen LogP contribution in [0.15, 0.2) is 41.1 Å². The molecule has 1 amide bonds. The minimum atomic E-state index is -0.645. The van der Waals surface area contributed by atoms with Crippen LogP contribution in [0.4, 0.5) is 14.5 Å². The van der Waals surface area contributed by atoms with Crippen LogP contribution in [0.25, 0.3) is 11.1 Å². The lowest BCUT2D eigenvalue weighted by atomic mass is 9.77. The first-order chi connectivity index (χ1) is 16.2. The van der Waals surface area contributed by atoms with Gasteiger partial charge in [0.15, 0.2) is 0 Å². The normalized spacial score (nSPS) is 18.2. The number of benzene rings is 1. The molecule has 2 atom stereocenters. The van der Waals surface area contributed by atoms with Crippen LogP contribution < -0.4 is 10.1 Å². The van der Waals surface area contributed by atoms with Crippen molar-refractivity contribution in [3.8, 4) is 17.0 Å². The predicted molar refractivity (Wildman–Crippen MR) is 121 cm³/mol. The molecule has 0 aliphatic heterocycles. The topological polar surface area (TPSA) is 94.3 Å². The second kappa shape index (κ2) is 9.70. The van der Waals surface area contributed by atoms with Gasteiger partial charge in [-0.25, -0.2) is 8.78 Å². The maximum absolute atomic E-state index is 14.7. The number of halogens is 2. The van der Waals surface area contributed by atoms with Crippen molar-refractivity contribution < 1.29 is 27.6 Å². The molecule has 1 aliphatic rings. The number of rotatable bonds is 6. The number of hydrogen-bond donors (Lipinski definition) is 1. The maximum atomic E-state index is 14.7. The highest BCUT2D eigenvalue weighted by molar-refractivity contribution is 6.05. The fraction of sp³-hybridized carbons (Fsp3) is 0.360.